The second kappa shape index (κ2) is 7.23. The predicted molar refractivity (Wildman–Crippen MR) is 84.3 cm³/mol. The third-order valence-electron chi connectivity index (χ3n) is 2.97. The molecule has 7 nitrogen and oxygen atoms in total. The van der Waals surface area contributed by atoms with Crippen molar-refractivity contribution < 1.29 is 8.81 Å². The van der Waals surface area contributed by atoms with Crippen molar-refractivity contribution in [3.8, 4) is 0 Å². The topological polar surface area (TPSA) is 85.4 Å². The largest absolute Gasteiger partial charge is 0.462 e. The fraction of sp³-hybridized carbons (Fsp3) is 0.286. The number of aromatic amines is 1. The molecule has 3 heterocycles. The van der Waals surface area contributed by atoms with Gasteiger partial charge in [-0.15, -0.1) is 5.10 Å². The molecule has 3 aromatic heterocycles. The molecular weight excluding hydrogens is 319 g/mol. The smallest absolute Gasteiger partial charge is 0.209 e. The Labute approximate surface area is 136 Å². The van der Waals surface area contributed by atoms with Gasteiger partial charge in [0, 0.05) is 0 Å². The van der Waals surface area contributed by atoms with Crippen LogP contribution in [0.15, 0.2) is 28.0 Å². The number of rotatable bonds is 7. The Bertz CT molecular complexity index is 793. The zero-order valence-electron chi connectivity index (χ0n) is 12.4. The lowest BCUT2D eigenvalue weighted by molar-refractivity contribution is 0.421. The fourth-order valence-electron chi connectivity index (χ4n) is 1.90. The first-order chi connectivity index (χ1) is 11.2. The number of aryl methyl sites for hydroxylation is 2. The van der Waals surface area contributed by atoms with E-state index in [4.69, 9.17) is 4.42 Å². The Balaban J connectivity index is 1.59. The maximum absolute atomic E-state index is 12.4. The zero-order chi connectivity index (χ0) is 16.1. The van der Waals surface area contributed by atoms with E-state index < -0.39 is 6.67 Å². The van der Waals surface area contributed by atoms with E-state index >= 15 is 0 Å². The van der Waals surface area contributed by atoms with Gasteiger partial charge in [0.25, 0.3) is 0 Å². The lowest BCUT2D eigenvalue weighted by atomic mass is 10.4. The van der Waals surface area contributed by atoms with Gasteiger partial charge in [-0.3, -0.25) is 5.10 Å². The highest BCUT2D eigenvalue weighted by Gasteiger charge is 2.08. The number of hydrogen-bond acceptors (Lipinski definition) is 6. The molecule has 23 heavy (non-hydrogen) atoms. The summed E-state index contributed by atoms with van der Waals surface area (Å²) in [7, 11) is 0. The summed E-state index contributed by atoms with van der Waals surface area (Å²) in [6.07, 6.45) is 5.03. The number of H-pyrrole nitrogens is 1. The van der Waals surface area contributed by atoms with E-state index in [1.54, 1.807) is 10.8 Å². The Morgan fingerprint density at radius 1 is 1.39 bits per heavy atom. The van der Waals surface area contributed by atoms with Gasteiger partial charge in [-0.2, -0.15) is 5.10 Å². The predicted octanol–water partition coefficient (Wildman–Crippen LogP) is 2.73. The van der Waals surface area contributed by atoms with E-state index in [-0.39, 0.29) is 6.54 Å². The van der Waals surface area contributed by atoms with Crippen LogP contribution in [-0.4, -0.2) is 36.6 Å². The first-order valence-electron chi connectivity index (χ1n) is 6.97. The minimum atomic E-state index is -0.469. The van der Waals surface area contributed by atoms with Crippen LogP contribution in [0.1, 0.15) is 23.2 Å². The van der Waals surface area contributed by atoms with Gasteiger partial charge < -0.3 is 4.42 Å². The molecule has 0 bridgehead atoms. The Hall–Kier alpha value is -2.42. The van der Waals surface area contributed by atoms with Crippen LogP contribution < -0.4 is 0 Å². The molecule has 0 aliphatic rings. The second-order valence-corrected chi connectivity index (χ2v) is 5.60. The molecule has 120 valence electrons. The van der Waals surface area contributed by atoms with Crippen molar-refractivity contribution in [3.63, 3.8) is 0 Å². The minimum absolute atomic E-state index is 0.209. The van der Waals surface area contributed by atoms with Gasteiger partial charge in [0.1, 0.15) is 36.2 Å². The summed E-state index contributed by atoms with van der Waals surface area (Å²) in [5, 5.41) is 11.5. The first-order valence-corrected chi connectivity index (χ1v) is 7.95. The Morgan fingerprint density at radius 2 is 2.30 bits per heavy atom. The quantitative estimate of drug-likeness (QED) is 0.669. The maximum atomic E-state index is 12.4. The van der Waals surface area contributed by atoms with Crippen LogP contribution in [-0.2, 0) is 12.3 Å². The third kappa shape index (κ3) is 4.07. The molecule has 0 saturated heterocycles. The molecule has 0 aliphatic carbocycles. The molecule has 0 saturated carbocycles. The van der Waals surface area contributed by atoms with Crippen LogP contribution in [0, 0.1) is 6.92 Å². The number of nitrogens with zero attached hydrogens (tertiary/aromatic N) is 5. The summed E-state index contributed by atoms with van der Waals surface area (Å²) >= 11 is 1.41. The van der Waals surface area contributed by atoms with Gasteiger partial charge in [-0.05, 0) is 31.2 Å². The standard InChI is InChI=1S/C14H15FN6OS/c1-10-2-3-11(22-10)4-5-12-18-14(20-19-12)23-8-13-16-9-17-21(13)7-6-15/h2-5,9H,6-8H2,1H3,(H,18,19,20)/b5-4+. The molecule has 0 aliphatic heterocycles. The van der Waals surface area contributed by atoms with E-state index in [2.05, 4.69) is 25.3 Å². The van der Waals surface area contributed by atoms with Crippen LogP contribution >= 0.6 is 11.8 Å². The molecular formula is C14H15FN6OS. The molecule has 0 spiro atoms. The molecule has 3 rings (SSSR count). The average Bonchev–Trinajstić information content (AvgIpc) is 3.25. The Kier molecular flexibility index (Phi) is 4.86. The van der Waals surface area contributed by atoms with Crippen LogP contribution in [0.3, 0.4) is 0 Å². The lowest BCUT2D eigenvalue weighted by Crippen LogP contribution is -2.06. The van der Waals surface area contributed by atoms with Gasteiger partial charge >= 0.3 is 0 Å². The Morgan fingerprint density at radius 3 is 3.09 bits per heavy atom. The van der Waals surface area contributed by atoms with Crippen LogP contribution in [0.2, 0.25) is 0 Å². The van der Waals surface area contributed by atoms with E-state index in [0.29, 0.717) is 22.6 Å². The minimum Gasteiger partial charge on any atom is -0.462 e. The molecule has 1 N–H and O–H groups in total. The number of furan rings is 1. The monoisotopic (exact) mass is 334 g/mol. The van der Waals surface area contributed by atoms with Crippen molar-refractivity contribution in [2.24, 2.45) is 0 Å². The SMILES string of the molecule is Cc1ccc(/C=C/c2nc(SCc3ncnn3CCF)n[nH]2)o1. The number of aromatic nitrogens is 6. The summed E-state index contributed by atoms with van der Waals surface area (Å²) in [6.45, 7) is 1.63. The zero-order valence-corrected chi connectivity index (χ0v) is 13.3. The second-order valence-electron chi connectivity index (χ2n) is 4.66. The highest BCUT2D eigenvalue weighted by atomic mass is 32.2. The van der Waals surface area contributed by atoms with Crippen molar-refractivity contribution in [1.29, 1.82) is 0 Å². The highest BCUT2D eigenvalue weighted by Crippen LogP contribution is 2.18. The van der Waals surface area contributed by atoms with E-state index in [0.717, 1.165) is 11.5 Å². The van der Waals surface area contributed by atoms with Crippen LogP contribution in [0.5, 0.6) is 0 Å². The van der Waals surface area contributed by atoms with Crippen molar-refractivity contribution >= 4 is 23.9 Å². The van der Waals surface area contributed by atoms with Gasteiger partial charge in [-0.1, -0.05) is 11.8 Å². The van der Waals surface area contributed by atoms with Gasteiger partial charge in [0.05, 0.1) is 12.3 Å². The van der Waals surface area contributed by atoms with E-state index in [9.17, 15) is 4.39 Å². The maximum Gasteiger partial charge on any atom is 0.209 e. The van der Waals surface area contributed by atoms with E-state index in [1.165, 1.54) is 18.1 Å². The number of alkyl halides is 1. The average molecular weight is 334 g/mol. The molecule has 0 aromatic carbocycles. The van der Waals surface area contributed by atoms with Crippen molar-refractivity contribution in [1.82, 2.24) is 29.9 Å². The normalized spacial score (nSPS) is 11.6. The molecule has 0 unspecified atom stereocenters. The van der Waals surface area contributed by atoms with Crippen molar-refractivity contribution in [2.45, 2.75) is 24.4 Å². The summed E-state index contributed by atoms with van der Waals surface area (Å²) in [5.74, 6) is 3.47. The summed E-state index contributed by atoms with van der Waals surface area (Å²) in [6, 6.07) is 3.78. The first kappa shape index (κ1) is 15.5. The fourth-order valence-corrected chi connectivity index (χ4v) is 2.65. The van der Waals surface area contributed by atoms with Gasteiger partial charge in [0.15, 0.2) is 0 Å². The van der Waals surface area contributed by atoms with Crippen LogP contribution in [0.25, 0.3) is 12.2 Å². The molecule has 0 fully saturated rings. The summed E-state index contributed by atoms with van der Waals surface area (Å²) < 4.78 is 19.4. The number of hydrogen-bond donors (Lipinski definition) is 1. The third-order valence-corrected chi connectivity index (χ3v) is 3.81. The summed E-state index contributed by atoms with van der Waals surface area (Å²) in [5.41, 5.74) is 0. The van der Waals surface area contributed by atoms with Crippen molar-refractivity contribution in [3.05, 3.63) is 41.6 Å². The molecule has 0 radical (unpaired) electrons. The number of nitrogens with one attached hydrogen (secondary N) is 1. The number of thioether (sulfide) groups is 1. The van der Waals surface area contributed by atoms with Gasteiger partial charge in [0.2, 0.25) is 5.16 Å². The highest BCUT2D eigenvalue weighted by molar-refractivity contribution is 7.98. The van der Waals surface area contributed by atoms with Crippen LogP contribution in [0.4, 0.5) is 4.39 Å². The van der Waals surface area contributed by atoms with Gasteiger partial charge in [-0.25, -0.2) is 19.0 Å². The molecule has 0 amide bonds. The lowest BCUT2D eigenvalue weighted by Gasteiger charge is -2.00. The molecule has 9 heteroatoms. The van der Waals surface area contributed by atoms with Crippen molar-refractivity contribution in [2.75, 3.05) is 6.67 Å². The van der Waals surface area contributed by atoms with E-state index in [1.807, 2.05) is 25.1 Å². The molecule has 3 aromatic rings. The molecule has 0 atom stereocenters. The summed E-state index contributed by atoms with van der Waals surface area (Å²) in [4.78, 5) is 8.45. The number of halogens is 1.